The molecule has 20 heavy (non-hydrogen) atoms. The molecule has 0 radical (unpaired) electrons. The lowest BCUT2D eigenvalue weighted by molar-refractivity contribution is 0.414. The molecule has 4 heteroatoms. The lowest BCUT2D eigenvalue weighted by Crippen LogP contribution is -1.99. The van der Waals surface area contributed by atoms with E-state index in [0.29, 0.717) is 5.69 Å². The Kier molecular flexibility index (Phi) is 2.86. The van der Waals surface area contributed by atoms with E-state index in [1.165, 1.54) is 11.1 Å². The Morgan fingerprint density at radius 1 is 1.10 bits per heavy atom. The van der Waals surface area contributed by atoms with Gasteiger partial charge in [-0.05, 0) is 49.2 Å². The van der Waals surface area contributed by atoms with Crippen LogP contribution in [0, 0.1) is 13.8 Å². The van der Waals surface area contributed by atoms with Gasteiger partial charge < -0.3 is 10.5 Å². The van der Waals surface area contributed by atoms with E-state index >= 15 is 0 Å². The molecule has 0 unspecified atom stereocenters. The SMILES string of the molecule is COc1ccc(N)c(-n2cnc3cc(C)c(C)cc32)c1. The molecule has 0 amide bonds. The van der Waals surface area contributed by atoms with Gasteiger partial charge in [-0.3, -0.25) is 4.57 Å². The van der Waals surface area contributed by atoms with Crippen LogP contribution in [0.4, 0.5) is 5.69 Å². The summed E-state index contributed by atoms with van der Waals surface area (Å²) in [6.45, 7) is 4.19. The van der Waals surface area contributed by atoms with Crippen molar-refractivity contribution in [3.8, 4) is 11.4 Å². The monoisotopic (exact) mass is 267 g/mol. The number of anilines is 1. The van der Waals surface area contributed by atoms with Crippen LogP contribution in [0.5, 0.6) is 5.75 Å². The largest absolute Gasteiger partial charge is 0.497 e. The van der Waals surface area contributed by atoms with E-state index in [4.69, 9.17) is 10.5 Å². The Balaban J connectivity index is 2.27. The third kappa shape index (κ3) is 1.90. The van der Waals surface area contributed by atoms with Crippen LogP contribution in [0.2, 0.25) is 0 Å². The summed E-state index contributed by atoms with van der Waals surface area (Å²) in [5, 5.41) is 0. The van der Waals surface area contributed by atoms with Crippen molar-refractivity contribution in [1.29, 1.82) is 0 Å². The predicted octanol–water partition coefficient (Wildman–Crippen LogP) is 3.23. The van der Waals surface area contributed by atoms with E-state index in [1.54, 1.807) is 13.4 Å². The number of methoxy groups -OCH3 is 1. The molecular weight excluding hydrogens is 250 g/mol. The van der Waals surface area contributed by atoms with E-state index in [-0.39, 0.29) is 0 Å². The smallest absolute Gasteiger partial charge is 0.121 e. The molecular formula is C16H17N3O. The number of nitrogens with zero attached hydrogens (tertiary/aromatic N) is 2. The quantitative estimate of drug-likeness (QED) is 0.725. The summed E-state index contributed by atoms with van der Waals surface area (Å²) in [6, 6.07) is 9.86. The second-order valence-electron chi connectivity index (χ2n) is 4.96. The van der Waals surface area contributed by atoms with Crippen molar-refractivity contribution in [2.45, 2.75) is 13.8 Å². The van der Waals surface area contributed by atoms with Gasteiger partial charge in [-0.2, -0.15) is 0 Å². The molecule has 0 atom stereocenters. The molecule has 0 saturated heterocycles. The number of nitrogen functional groups attached to an aromatic ring is 1. The maximum absolute atomic E-state index is 6.09. The first-order valence-corrected chi connectivity index (χ1v) is 6.48. The Morgan fingerprint density at radius 3 is 2.60 bits per heavy atom. The molecule has 3 aromatic rings. The zero-order valence-corrected chi connectivity index (χ0v) is 11.8. The minimum atomic E-state index is 0.698. The number of hydrogen-bond donors (Lipinski definition) is 1. The van der Waals surface area contributed by atoms with Crippen LogP contribution in [0.1, 0.15) is 11.1 Å². The molecule has 0 aliphatic rings. The summed E-state index contributed by atoms with van der Waals surface area (Å²) < 4.78 is 7.27. The van der Waals surface area contributed by atoms with Gasteiger partial charge in [0.05, 0.1) is 29.5 Å². The Hall–Kier alpha value is -2.49. The Bertz CT molecular complexity index is 790. The van der Waals surface area contributed by atoms with Crippen LogP contribution in [0.15, 0.2) is 36.7 Å². The molecule has 1 heterocycles. The third-order valence-corrected chi connectivity index (χ3v) is 3.66. The van der Waals surface area contributed by atoms with Crippen LogP contribution in [-0.4, -0.2) is 16.7 Å². The van der Waals surface area contributed by atoms with Crippen LogP contribution in [-0.2, 0) is 0 Å². The number of rotatable bonds is 2. The second kappa shape index (κ2) is 4.56. The predicted molar refractivity (Wildman–Crippen MR) is 81.5 cm³/mol. The van der Waals surface area contributed by atoms with E-state index < -0.39 is 0 Å². The first kappa shape index (κ1) is 12.5. The minimum Gasteiger partial charge on any atom is -0.497 e. The van der Waals surface area contributed by atoms with Crippen LogP contribution >= 0.6 is 0 Å². The number of nitrogens with two attached hydrogens (primary N) is 1. The fourth-order valence-corrected chi connectivity index (χ4v) is 2.32. The van der Waals surface area contributed by atoms with Crippen molar-refractivity contribution in [3.63, 3.8) is 0 Å². The van der Waals surface area contributed by atoms with Crippen molar-refractivity contribution in [2.75, 3.05) is 12.8 Å². The van der Waals surface area contributed by atoms with E-state index in [9.17, 15) is 0 Å². The van der Waals surface area contributed by atoms with E-state index in [0.717, 1.165) is 22.5 Å². The summed E-state index contributed by atoms with van der Waals surface area (Å²) in [5.41, 5.74) is 12.2. The summed E-state index contributed by atoms with van der Waals surface area (Å²) in [5.74, 6) is 0.778. The molecule has 0 aliphatic carbocycles. The van der Waals surface area contributed by atoms with Gasteiger partial charge in [-0.15, -0.1) is 0 Å². The van der Waals surface area contributed by atoms with Crippen molar-refractivity contribution in [1.82, 2.24) is 9.55 Å². The zero-order valence-electron chi connectivity index (χ0n) is 11.8. The first-order valence-electron chi connectivity index (χ1n) is 6.48. The van der Waals surface area contributed by atoms with Gasteiger partial charge in [0.15, 0.2) is 0 Å². The van der Waals surface area contributed by atoms with Gasteiger partial charge >= 0.3 is 0 Å². The average Bonchev–Trinajstić information content (AvgIpc) is 2.83. The standard InChI is InChI=1S/C16H17N3O/c1-10-6-14-16(7-11(10)2)19(9-18-14)15-8-12(20-3)4-5-13(15)17/h4-9H,17H2,1-3H3. The fourth-order valence-electron chi connectivity index (χ4n) is 2.32. The number of imidazole rings is 1. The Labute approximate surface area is 117 Å². The summed E-state index contributed by atoms with van der Waals surface area (Å²) in [7, 11) is 1.65. The molecule has 0 saturated carbocycles. The summed E-state index contributed by atoms with van der Waals surface area (Å²) in [6.07, 6.45) is 1.80. The molecule has 0 spiro atoms. The third-order valence-electron chi connectivity index (χ3n) is 3.66. The molecule has 4 nitrogen and oxygen atoms in total. The van der Waals surface area contributed by atoms with E-state index in [1.807, 2.05) is 22.8 Å². The molecule has 0 aliphatic heterocycles. The van der Waals surface area contributed by atoms with Gasteiger partial charge in [-0.25, -0.2) is 4.98 Å². The maximum atomic E-state index is 6.09. The number of fused-ring (bicyclic) bond motifs is 1. The average molecular weight is 267 g/mol. The fraction of sp³-hybridized carbons (Fsp3) is 0.188. The highest BCUT2D eigenvalue weighted by Crippen LogP contribution is 2.27. The van der Waals surface area contributed by atoms with Crippen molar-refractivity contribution >= 4 is 16.7 Å². The molecule has 102 valence electrons. The maximum Gasteiger partial charge on any atom is 0.121 e. The summed E-state index contributed by atoms with van der Waals surface area (Å²) in [4.78, 5) is 4.46. The highest BCUT2D eigenvalue weighted by atomic mass is 16.5. The van der Waals surface area contributed by atoms with Gasteiger partial charge in [0.25, 0.3) is 0 Å². The number of benzene rings is 2. The molecule has 3 rings (SSSR count). The first-order chi connectivity index (χ1) is 9.60. The van der Waals surface area contributed by atoms with Gasteiger partial charge in [0.2, 0.25) is 0 Å². The van der Waals surface area contributed by atoms with Crippen LogP contribution in [0.3, 0.4) is 0 Å². The topological polar surface area (TPSA) is 53.1 Å². The zero-order chi connectivity index (χ0) is 14.3. The minimum absolute atomic E-state index is 0.698. The second-order valence-corrected chi connectivity index (χ2v) is 4.96. The highest BCUT2D eigenvalue weighted by Gasteiger charge is 2.10. The number of aryl methyl sites for hydroxylation is 2. The van der Waals surface area contributed by atoms with Crippen LogP contribution in [0.25, 0.3) is 16.7 Å². The molecule has 2 aromatic carbocycles. The van der Waals surface area contributed by atoms with Crippen LogP contribution < -0.4 is 10.5 Å². The number of ether oxygens (including phenoxy) is 1. The normalized spacial score (nSPS) is 10.9. The number of hydrogen-bond acceptors (Lipinski definition) is 3. The molecule has 0 fully saturated rings. The van der Waals surface area contributed by atoms with Crippen molar-refractivity contribution in [3.05, 3.63) is 47.8 Å². The lowest BCUT2D eigenvalue weighted by atomic mass is 10.1. The van der Waals surface area contributed by atoms with E-state index in [2.05, 4.69) is 31.0 Å². The summed E-state index contributed by atoms with van der Waals surface area (Å²) >= 11 is 0. The van der Waals surface area contributed by atoms with Gasteiger partial charge in [-0.1, -0.05) is 0 Å². The van der Waals surface area contributed by atoms with Gasteiger partial charge in [0, 0.05) is 6.07 Å². The molecule has 0 bridgehead atoms. The van der Waals surface area contributed by atoms with Gasteiger partial charge in [0.1, 0.15) is 12.1 Å². The highest BCUT2D eigenvalue weighted by molar-refractivity contribution is 5.81. The molecule has 1 aromatic heterocycles. The van der Waals surface area contributed by atoms with Crippen molar-refractivity contribution in [2.24, 2.45) is 0 Å². The molecule has 2 N–H and O–H groups in total. The number of aromatic nitrogens is 2. The Morgan fingerprint density at radius 2 is 1.85 bits per heavy atom. The lowest BCUT2D eigenvalue weighted by Gasteiger charge is -2.10. The van der Waals surface area contributed by atoms with Crippen molar-refractivity contribution < 1.29 is 4.74 Å².